The summed E-state index contributed by atoms with van der Waals surface area (Å²) >= 11 is 0. The van der Waals surface area contributed by atoms with Gasteiger partial charge in [0, 0.05) is 13.6 Å². The molecular formula is C9H14N2O2. The van der Waals surface area contributed by atoms with Gasteiger partial charge in [-0.1, -0.05) is 12.2 Å². The molecule has 4 heteroatoms. The number of imide groups is 1. The minimum absolute atomic E-state index is 0.121. The second-order valence-corrected chi connectivity index (χ2v) is 3.39. The highest BCUT2D eigenvalue weighted by Gasteiger charge is 2.35. The summed E-state index contributed by atoms with van der Waals surface area (Å²) < 4.78 is 0. The van der Waals surface area contributed by atoms with Gasteiger partial charge in [0.2, 0.25) is 11.8 Å². The lowest BCUT2D eigenvalue weighted by Gasteiger charge is -2.10. The summed E-state index contributed by atoms with van der Waals surface area (Å²) in [5.41, 5.74) is 0.954. The van der Waals surface area contributed by atoms with E-state index in [-0.39, 0.29) is 24.3 Å². The van der Waals surface area contributed by atoms with Crippen molar-refractivity contribution in [2.75, 3.05) is 13.6 Å². The standard InChI is InChI=1S/C9H14N2O2/c1-6(2)5-10-7-4-8(12)11(3)9(7)13/h7,10H,1,4-5H2,2-3H3. The molecule has 0 bridgehead atoms. The number of nitrogens with zero attached hydrogens (tertiary/aromatic N) is 1. The minimum Gasteiger partial charge on any atom is -0.302 e. The highest BCUT2D eigenvalue weighted by Crippen LogP contribution is 2.10. The molecule has 1 rings (SSSR count). The fourth-order valence-corrected chi connectivity index (χ4v) is 1.21. The van der Waals surface area contributed by atoms with E-state index in [4.69, 9.17) is 0 Å². The molecule has 72 valence electrons. The Hall–Kier alpha value is -1.16. The van der Waals surface area contributed by atoms with Gasteiger partial charge in [0.25, 0.3) is 0 Å². The van der Waals surface area contributed by atoms with Crippen molar-refractivity contribution < 1.29 is 9.59 Å². The van der Waals surface area contributed by atoms with Gasteiger partial charge < -0.3 is 5.32 Å². The van der Waals surface area contributed by atoms with Gasteiger partial charge in [0.15, 0.2) is 0 Å². The van der Waals surface area contributed by atoms with Crippen LogP contribution in [0.3, 0.4) is 0 Å². The van der Waals surface area contributed by atoms with Gasteiger partial charge in [-0.05, 0) is 6.92 Å². The molecule has 0 aromatic heterocycles. The summed E-state index contributed by atoms with van der Waals surface area (Å²) in [6.45, 7) is 6.16. The lowest BCUT2D eigenvalue weighted by Crippen LogP contribution is -2.37. The monoisotopic (exact) mass is 182 g/mol. The van der Waals surface area contributed by atoms with Crippen molar-refractivity contribution in [3.63, 3.8) is 0 Å². The molecule has 1 aliphatic heterocycles. The van der Waals surface area contributed by atoms with E-state index in [2.05, 4.69) is 11.9 Å². The number of carbonyl (C=O) groups is 2. The Kier molecular flexibility index (Phi) is 2.83. The molecule has 1 fully saturated rings. The Morgan fingerprint density at radius 1 is 1.69 bits per heavy atom. The van der Waals surface area contributed by atoms with Crippen LogP contribution in [0, 0.1) is 0 Å². The molecule has 0 spiro atoms. The van der Waals surface area contributed by atoms with Crippen molar-refractivity contribution in [2.45, 2.75) is 19.4 Å². The van der Waals surface area contributed by atoms with Crippen LogP contribution < -0.4 is 5.32 Å². The molecule has 0 aromatic carbocycles. The highest BCUT2D eigenvalue weighted by atomic mass is 16.2. The number of rotatable bonds is 3. The van der Waals surface area contributed by atoms with Crippen molar-refractivity contribution in [2.24, 2.45) is 0 Å². The first-order valence-electron chi connectivity index (χ1n) is 4.20. The number of carbonyl (C=O) groups excluding carboxylic acids is 2. The van der Waals surface area contributed by atoms with Gasteiger partial charge in [0.1, 0.15) is 0 Å². The summed E-state index contributed by atoms with van der Waals surface area (Å²) in [4.78, 5) is 23.6. The molecule has 13 heavy (non-hydrogen) atoms. The lowest BCUT2D eigenvalue weighted by atomic mass is 10.2. The molecular weight excluding hydrogens is 168 g/mol. The third kappa shape index (κ3) is 2.15. The molecule has 0 aliphatic carbocycles. The van der Waals surface area contributed by atoms with Crippen LogP contribution in [0.5, 0.6) is 0 Å². The lowest BCUT2D eigenvalue weighted by molar-refractivity contribution is -0.137. The SMILES string of the molecule is C=C(C)CNC1CC(=O)N(C)C1=O. The van der Waals surface area contributed by atoms with Crippen LogP contribution in [-0.4, -0.2) is 36.3 Å². The van der Waals surface area contributed by atoms with Gasteiger partial charge in [-0.25, -0.2) is 0 Å². The average molecular weight is 182 g/mol. The predicted octanol–water partition coefficient (Wildman–Crippen LogP) is -0.0906. The van der Waals surface area contributed by atoms with Crippen LogP contribution in [0.2, 0.25) is 0 Å². The Morgan fingerprint density at radius 2 is 2.31 bits per heavy atom. The van der Waals surface area contributed by atoms with Gasteiger partial charge >= 0.3 is 0 Å². The van der Waals surface area contributed by atoms with Crippen LogP contribution in [0.1, 0.15) is 13.3 Å². The van der Waals surface area contributed by atoms with E-state index in [0.29, 0.717) is 6.54 Å². The Balaban J connectivity index is 2.49. The first-order valence-corrected chi connectivity index (χ1v) is 4.20. The molecule has 1 N–H and O–H groups in total. The van der Waals surface area contributed by atoms with E-state index in [9.17, 15) is 9.59 Å². The Bertz CT molecular complexity index is 260. The maximum atomic E-state index is 11.3. The molecule has 4 nitrogen and oxygen atoms in total. The van der Waals surface area contributed by atoms with Gasteiger partial charge in [-0.2, -0.15) is 0 Å². The van der Waals surface area contributed by atoms with Crippen molar-refractivity contribution in [3.05, 3.63) is 12.2 Å². The van der Waals surface area contributed by atoms with Crippen LogP contribution in [0.25, 0.3) is 0 Å². The zero-order valence-corrected chi connectivity index (χ0v) is 7.96. The van der Waals surface area contributed by atoms with E-state index in [0.717, 1.165) is 10.5 Å². The van der Waals surface area contributed by atoms with Gasteiger partial charge in [0.05, 0.1) is 12.5 Å². The summed E-state index contributed by atoms with van der Waals surface area (Å²) in [5, 5.41) is 2.98. The number of amides is 2. The van der Waals surface area contributed by atoms with Crippen molar-refractivity contribution in [3.8, 4) is 0 Å². The smallest absolute Gasteiger partial charge is 0.246 e. The molecule has 1 atom stereocenters. The maximum absolute atomic E-state index is 11.3. The topological polar surface area (TPSA) is 49.4 Å². The molecule has 0 radical (unpaired) electrons. The summed E-state index contributed by atoms with van der Waals surface area (Å²) in [6, 6.07) is -0.353. The minimum atomic E-state index is -0.353. The molecule has 1 unspecified atom stereocenters. The second-order valence-electron chi connectivity index (χ2n) is 3.39. The number of nitrogens with one attached hydrogen (secondary N) is 1. The molecule has 0 aromatic rings. The predicted molar refractivity (Wildman–Crippen MR) is 49.0 cm³/mol. The van der Waals surface area contributed by atoms with E-state index in [1.165, 1.54) is 7.05 Å². The van der Waals surface area contributed by atoms with Gasteiger partial charge in [-0.3, -0.25) is 14.5 Å². The van der Waals surface area contributed by atoms with E-state index < -0.39 is 0 Å². The van der Waals surface area contributed by atoms with E-state index in [1.54, 1.807) is 0 Å². The zero-order chi connectivity index (χ0) is 10.0. The molecule has 1 heterocycles. The largest absolute Gasteiger partial charge is 0.302 e. The van der Waals surface area contributed by atoms with Crippen molar-refractivity contribution in [1.29, 1.82) is 0 Å². The van der Waals surface area contributed by atoms with Gasteiger partial charge in [-0.15, -0.1) is 0 Å². The summed E-state index contributed by atoms with van der Waals surface area (Å²) in [5.74, 6) is -0.268. The number of hydrogen-bond donors (Lipinski definition) is 1. The maximum Gasteiger partial charge on any atom is 0.246 e. The third-order valence-electron chi connectivity index (χ3n) is 2.03. The highest BCUT2D eigenvalue weighted by molar-refractivity contribution is 6.05. The van der Waals surface area contributed by atoms with Crippen LogP contribution in [0.4, 0.5) is 0 Å². The number of hydrogen-bond acceptors (Lipinski definition) is 3. The van der Waals surface area contributed by atoms with Crippen molar-refractivity contribution in [1.82, 2.24) is 10.2 Å². The van der Waals surface area contributed by atoms with Crippen LogP contribution >= 0.6 is 0 Å². The van der Waals surface area contributed by atoms with Crippen LogP contribution in [0.15, 0.2) is 12.2 Å². The second kappa shape index (κ2) is 3.70. The Morgan fingerprint density at radius 3 is 2.69 bits per heavy atom. The summed E-state index contributed by atoms with van der Waals surface area (Å²) in [7, 11) is 1.51. The van der Waals surface area contributed by atoms with Crippen molar-refractivity contribution >= 4 is 11.8 Å². The average Bonchev–Trinajstić information content (AvgIpc) is 2.29. The van der Waals surface area contributed by atoms with Crippen LogP contribution in [-0.2, 0) is 9.59 Å². The number of likely N-dealkylation sites (N-methyl/N-ethyl adjacent to an activating group) is 1. The first kappa shape index (κ1) is 9.92. The van der Waals surface area contributed by atoms with E-state index >= 15 is 0 Å². The quantitative estimate of drug-likeness (QED) is 0.490. The fraction of sp³-hybridized carbons (Fsp3) is 0.556. The third-order valence-corrected chi connectivity index (χ3v) is 2.03. The molecule has 2 amide bonds. The molecule has 0 saturated carbocycles. The summed E-state index contributed by atoms with van der Waals surface area (Å²) in [6.07, 6.45) is 0.266. The molecule has 1 aliphatic rings. The van der Waals surface area contributed by atoms with E-state index in [1.807, 2.05) is 6.92 Å². The zero-order valence-electron chi connectivity index (χ0n) is 7.96. The fourth-order valence-electron chi connectivity index (χ4n) is 1.21. The normalized spacial score (nSPS) is 22.6. The number of likely N-dealkylation sites (tertiary alicyclic amines) is 1. The first-order chi connectivity index (χ1) is 6.02. The Labute approximate surface area is 77.6 Å². The molecule has 1 saturated heterocycles.